The van der Waals surface area contributed by atoms with Crippen LogP contribution in [0.1, 0.15) is 64.6 Å². The van der Waals surface area contributed by atoms with Gasteiger partial charge in [-0.1, -0.05) is 18.2 Å². The van der Waals surface area contributed by atoms with Crippen LogP contribution in [-0.2, 0) is 22.5 Å². The molecule has 2 aliphatic rings. The molecule has 1 saturated carbocycles. The summed E-state index contributed by atoms with van der Waals surface area (Å²) >= 11 is 0. The van der Waals surface area contributed by atoms with Crippen LogP contribution in [0.4, 0.5) is 4.79 Å². The molecule has 1 aromatic carbocycles. The van der Waals surface area contributed by atoms with Crippen LogP contribution < -0.4 is 0 Å². The van der Waals surface area contributed by atoms with Crippen LogP contribution in [0.5, 0.6) is 0 Å². The molecular formula is C26H37N3O3. The van der Waals surface area contributed by atoms with Gasteiger partial charge in [0.15, 0.2) is 0 Å². The summed E-state index contributed by atoms with van der Waals surface area (Å²) in [6.07, 6.45) is 4.38. The molecule has 2 aromatic rings. The summed E-state index contributed by atoms with van der Waals surface area (Å²) in [7, 11) is 1.80. The predicted octanol–water partition coefficient (Wildman–Crippen LogP) is 5.11. The van der Waals surface area contributed by atoms with Gasteiger partial charge in [0, 0.05) is 42.1 Å². The van der Waals surface area contributed by atoms with Crippen molar-refractivity contribution in [1.29, 1.82) is 0 Å². The molecule has 1 aliphatic carbocycles. The van der Waals surface area contributed by atoms with E-state index < -0.39 is 5.60 Å². The quantitative estimate of drug-likeness (QED) is 0.722. The molecule has 6 nitrogen and oxygen atoms in total. The maximum Gasteiger partial charge on any atom is 0.410 e. The van der Waals surface area contributed by atoms with E-state index in [-0.39, 0.29) is 18.1 Å². The van der Waals surface area contributed by atoms with Gasteiger partial charge in [-0.3, -0.25) is 4.79 Å². The Morgan fingerprint density at radius 1 is 1.16 bits per heavy atom. The Hall–Kier alpha value is -2.50. The first kappa shape index (κ1) is 22.7. The number of hydrogen-bond acceptors (Lipinski definition) is 3. The number of nitrogens with zero attached hydrogens (tertiary/aromatic N) is 2. The maximum atomic E-state index is 13.4. The SMILES string of the molecule is C[C@@H]1Cc2c([nH]c3ccccc23)CN1C(=O)C1CCC(CN(C)C(=O)OC(C)(C)C)CC1. The molecule has 0 radical (unpaired) electrons. The Bertz CT molecular complexity index is 982. The van der Waals surface area contributed by atoms with Crippen molar-refractivity contribution in [3.8, 4) is 0 Å². The Kier molecular flexibility index (Phi) is 6.24. The molecule has 4 rings (SSSR count). The van der Waals surface area contributed by atoms with Crippen LogP contribution in [0.3, 0.4) is 0 Å². The van der Waals surface area contributed by atoms with Gasteiger partial charge in [-0.05, 0) is 77.3 Å². The standard InChI is InChI=1S/C26H37N3O3/c1-17-14-21-20-8-6-7-9-22(20)27-23(21)16-29(17)24(30)19-12-10-18(11-13-19)15-28(5)25(31)32-26(2,3)4/h6-9,17-19,27H,10-16H2,1-5H3/t17-,18?,19?/m1/s1. The summed E-state index contributed by atoms with van der Waals surface area (Å²) < 4.78 is 5.47. The van der Waals surface area contributed by atoms with E-state index in [1.807, 2.05) is 20.8 Å². The molecule has 0 unspecified atom stereocenters. The number of nitrogens with one attached hydrogen (secondary N) is 1. The molecular weight excluding hydrogens is 402 g/mol. The summed E-state index contributed by atoms with van der Waals surface area (Å²) in [5.74, 6) is 0.808. The van der Waals surface area contributed by atoms with Gasteiger partial charge in [0.05, 0.1) is 6.54 Å². The van der Waals surface area contributed by atoms with Gasteiger partial charge >= 0.3 is 6.09 Å². The van der Waals surface area contributed by atoms with E-state index in [4.69, 9.17) is 4.74 Å². The van der Waals surface area contributed by atoms with Gasteiger partial charge in [0.2, 0.25) is 5.91 Å². The number of amides is 2. The summed E-state index contributed by atoms with van der Waals surface area (Å²) in [4.78, 5) is 33.0. The number of rotatable bonds is 3. The zero-order chi connectivity index (χ0) is 23.0. The molecule has 2 heterocycles. The number of benzene rings is 1. The number of carbonyl (C=O) groups excluding carboxylic acids is 2. The second kappa shape index (κ2) is 8.80. The minimum atomic E-state index is -0.481. The van der Waals surface area contributed by atoms with Crippen LogP contribution in [0, 0.1) is 11.8 Å². The van der Waals surface area contributed by atoms with Crippen molar-refractivity contribution in [2.24, 2.45) is 11.8 Å². The van der Waals surface area contributed by atoms with Crippen molar-refractivity contribution in [1.82, 2.24) is 14.8 Å². The van der Waals surface area contributed by atoms with E-state index >= 15 is 0 Å². The van der Waals surface area contributed by atoms with Gasteiger partial charge in [-0.25, -0.2) is 4.79 Å². The van der Waals surface area contributed by atoms with Crippen molar-refractivity contribution >= 4 is 22.9 Å². The largest absolute Gasteiger partial charge is 0.444 e. The molecule has 6 heteroatoms. The summed E-state index contributed by atoms with van der Waals surface area (Å²) in [6.45, 7) is 9.19. The highest BCUT2D eigenvalue weighted by atomic mass is 16.6. The first-order valence-electron chi connectivity index (χ1n) is 12.0. The average Bonchev–Trinajstić information content (AvgIpc) is 3.09. The van der Waals surface area contributed by atoms with Crippen molar-refractivity contribution in [3.63, 3.8) is 0 Å². The van der Waals surface area contributed by atoms with Gasteiger partial charge in [0.1, 0.15) is 5.60 Å². The number of H-pyrrole nitrogens is 1. The Labute approximate surface area is 191 Å². The van der Waals surface area contributed by atoms with Gasteiger partial charge < -0.3 is 19.5 Å². The van der Waals surface area contributed by atoms with Crippen LogP contribution in [-0.4, -0.2) is 52.0 Å². The van der Waals surface area contributed by atoms with E-state index in [0.29, 0.717) is 24.9 Å². The Morgan fingerprint density at radius 2 is 1.84 bits per heavy atom. The van der Waals surface area contributed by atoms with Crippen LogP contribution in [0.15, 0.2) is 24.3 Å². The van der Waals surface area contributed by atoms with E-state index in [9.17, 15) is 9.59 Å². The van der Waals surface area contributed by atoms with E-state index in [2.05, 4.69) is 41.1 Å². The van der Waals surface area contributed by atoms with E-state index in [1.165, 1.54) is 16.6 Å². The van der Waals surface area contributed by atoms with Crippen molar-refractivity contribution in [2.45, 2.75) is 78.0 Å². The fourth-order valence-electron chi connectivity index (χ4n) is 5.28. The van der Waals surface area contributed by atoms with Crippen molar-refractivity contribution in [2.75, 3.05) is 13.6 Å². The van der Waals surface area contributed by atoms with Crippen LogP contribution >= 0.6 is 0 Å². The molecule has 0 saturated heterocycles. The third-order valence-corrected chi connectivity index (χ3v) is 6.98. The lowest BCUT2D eigenvalue weighted by molar-refractivity contribution is -0.140. The smallest absolute Gasteiger partial charge is 0.410 e. The third kappa shape index (κ3) is 4.79. The molecule has 32 heavy (non-hydrogen) atoms. The fourth-order valence-corrected chi connectivity index (χ4v) is 5.28. The summed E-state index contributed by atoms with van der Waals surface area (Å²) in [5.41, 5.74) is 3.23. The topological polar surface area (TPSA) is 65.6 Å². The second-order valence-electron chi connectivity index (χ2n) is 10.7. The molecule has 174 valence electrons. The molecule has 1 aromatic heterocycles. The molecule has 1 aliphatic heterocycles. The molecule has 2 amide bonds. The number of fused-ring (bicyclic) bond motifs is 3. The van der Waals surface area contributed by atoms with Gasteiger partial charge in [-0.15, -0.1) is 0 Å². The highest BCUT2D eigenvalue weighted by Gasteiger charge is 2.35. The van der Waals surface area contributed by atoms with Crippen molar-refractivity contribution in [3.05, 3.63) is 35.5 Å². The molecule has 1 atom stereocenters. The average molecular weight is 440 g/mol. The lowest BCUT2D eigenvalue weighted by Gasteiger charge is -2.38. The Morgan fingerprint density at radius 3 is 2.53 bits per heavy atom. The van der Waals surface area contributed by atoms with Crippen LogP contribution in [0.2, 0.25) is 0 Å². The Balaban J connectivity index is 1.33. The normalized spacial score (nSPS) is 23.7. The van der Waals surface area contributed by atoms with Crippen LogP contribution in [0.25, 0.3) is 10.9 Å². The third-order valence-electron chi connectivity index (χ3n) is 6.98. The highest BCUT2D eigenvalue weighted by Crippen LogP contribution is 2.35. The number of aromatic amines is 1. The lowest BCUT2D eigenvalue weighted by atomic mass is 9.80. The lowest BCUT2D eigenvalue weighted by Crippen LogP contribution is -2.46. The minimum absolute atomic E-state index is 0.0893. The summed E-state index contributed by atoms with van der Waals surface area (Å²) in [6, 6.07) is 8.63. The zero-order valence-corrected chi connectivity index (χ0v) is 20.1. The van der Waals surface area contributed by atoms with E-state index in [1.54, 1.807) is 11.9 Å². The van der Waals surface area contributed by atoms with Crippen molar-refractivity contribution < 1.29 is 14.3 Å². The predicted molar refractivity (Wildman–Crippen MR) is 126 cm³/mol. The number of hydrogen-bond donors (Lipinski definition) is 1. The van der Waals surface area contributed by atoms with Gasteiger partial charge in [-0.2, -0.15) is 0 Å². The number of carbonyl (C=O) groups is 2. The monoisotopic (exact) mass is 439 g/mol. The molecule has 0 spiro atoms. The summed E-state index contributed by atoms with van der Waals surface area (Å²) in [5, 5.41) is 1.29. The van der Waals surface area contributed by atoms with E-state index in [0.717, 1.165) is 37.6 Å². The number of ether oxygens (including phenoxy) is 1. The molecule has 0 bridgehead atoms. The minimum Gasteiger partial charge on any atom is -0.444 e. The number of para-hydroxylation sites is 1. The zero-order valence-electron chi connectivity index (χ0n) is 20.1. The molecule has 1 fully saturated rings. The second-order valence-corrected chi connectivity index (χ2v) is 10.7. The van der Waals surface area contributed by atoms with Gasteiger partial charge in [0.25, 0.3) is 0 Å². The first-order chi connectivity index (χ1) is 15.1. The first-order valence-corrected chi connectivity index (χ1v) is 12.0. The number of aromatic nitrogens is 1. The highest BCUT2D eigenvalue weighted by molar-refractivity contribution is 5.86. The molecule has 1 N–H and O–H groups in total. The fraction of sp³-hybridized carbons (Fsp3) is 0.615. The maximum absolute atomic E-state index is 13.4.